The van der Waals surface area contributed by atoms with E-state index in [1.807, 2.05) is 24.5 Å². The van der Waals surface area contributed by atoms with Crippen LogP contribution in [-0.2, 0) is 11.2 Å². The predicted octanol–water partition coefficient (Wildman–Crippen LogP) is 2.92. The molecule has 1 aliphatic heterocycles. The summed E-state index contributed by atoms with van der Waals surface area (Å²) < 4.78 is 5.66. The van der Waals surface area contributed by atoms with Crippen molar-refractivity contribution in [2.45, 2.75) is 37.8 Å². The summed E-state index contributed by atoms with van der Waals surface area (Å²) in [5.41, 5.74) is 2.20. The van der Waals surface area contributed by atoms with Crippen LogP contribution >= 0.6 is 23.7 Å². The molecule has 7 heteroatoms. The van der Waals surface area contributed by atoms with E-state index < -0.39 is 0 Å². The molecule has 0 radical (unpaired) electrons. The first-order valence-electron chi connectivity index (χ1n) is 9.29. The van der Waals surface area contributed by atoms with Crippen molar-refractivity contribution >= 4 is 23.7 Å². The standard InChI is InChI=1S/C19H26N4OS.ClH/c1-2-15(17-12-24-11-10-22-17)16(3-1)21-9-6-19-23-18(13-25-19)14-4-7-20-8-5-14;/h4-5,7-8,13,15-17,21-22H,1-3,6,9-12H2;1H. The van der Waals surface area contributed by atoms with Crippen molar-refractivity contribution in [1.29, 1.82) is 0 Å². The molecule has 3 unspecified atom stereocenters. The minimum atomic E-state index is 0. The van der Waals surface area contributed by atoms with Gasteiger partial charge in [-0.2, -0.15) is 0 Å². The van der Waals surface area contributed by atoms with Gasteiger partial charge in [-0.3, -0.25) is 4.98 Å². The average molecular weight is 395 g/mol. The first-order chi connectivity index (χ1) is 12.4. The molecule has 0 amide bonds. The highest BCUT2D eigenvalue weighted by molar-refractivity contribution is 7.09. The molecule has 0 spiro atoms. The summed E-state index contributed by atoms with van der Waals surface area (Å²) in [6.45, 7) is 3.71. The minimum Gasteiger partial charge on any atom is -0.379 e. The monoisotopic (exact) mass is 394 g/mol. The number of pyridine rings is 1. The largest absolute Gasteiger partial charge is 0.379 e. The zero-order valence-electron chi connectivity index (χ0n) is 14.9. The molecule has 1 aliphatic carbocycles. The van der Waals surface area contributed by atoms with Gasteiger partial charge in [0.25, 0.3) is 0 Å². The molecule has 0 bridgehead atoms. The number of aromatic nitrogens is 2. The quantitative estimate of drug-likeness (QED) is 0.788. The normalized spacial score (nSPS) is 25.8. The van der Waals surface area contributed by atoms with E-state index in [1.54, 1.807) is 11.3 Å². The Kier molecular flexibility index (Phi) is 7.40. The van der Waals surface area contributed by atoms with Crippen molar-refractivity contribution in [3.05, 3.63) is 34.9 Å². The van der Waals surface area contributed by atoms with Gasteiger partial charge in [0.15, 0.2) is 0 Å². The lowest BCUT2D eigenvalue weighted by Gasteiger charge is -2.33. The lowest BCUT2D eigenvalue weighted by Crippen LogP contribution is -2.51. The summed E-state index contributed by atoms with van der Waals surface area (Å²) in [6, 6.07) is 5.16. The minimum absolute atomic E-state index is 0. The molecular formula is C19H27ClN4OS. The summed E-state index contributed by atoms with van der Waals surface area (Å²) in [7, 11) is 0. The van der Waals surface area contributed by atoms with E-state index in [4.69, 9.17) is 9.72 Å². The molecule has 2 fully saturated rings. The maximum absolute atomic E-state index is 5.66. The van der Waals surface area contributed by atoms with Gasteiger partial charge in [0.2, 0.25) is 0 Å². The van der Waals surface area contributed by atoms with Gasteiger partial charge in [0.1, 0.15) is 0 Å². The third kappa shape index (κ3) is 4.81. The summed E-state index contributed by atoms with van der Waals surface area (Å²) in [4.78, 5) is 8.84. The molecule has 1 saturated heterocycles. The topological polar surface area (TPSA) is 59.1 Å². The summed E-state index contributed by atoms with van der Waals surface area (Å²) in [5, 5.41) is 10.8. The van der Waals surface area contributed by atoms with Gasteiger partial charge in [-0.15, -0.1) is 23.7 Å². The SMILES string of the molecule is Cl.c1cc(-c2csc(CCNC3CCCC3C3COCCN3)n2)ccn1. The van der Waals surface area contributed by atoms with Crippen LogP contribution < -0.4 is 10.6 Å². The van der Waals surface area contributed by atoms with Gasteiger partial charge in [-0.05, 0) is 30.9 Å². The zero-order valence-corrected chi connectivity index (χ0v) is 16.5. The van der Waals surface area contributed by atoms with Crippen LogP contribution in [0, 0.1) is 5.92 Å². The van der Waals surface area contributed by atoms with Gasteiger partial charge in [0, 0.05) is 54.9 Å². The van der Waals surface area contributed by atoms with E-state index in [0.29, 0.717) is 18.0 Å². The maximum Gasteiger partial charge on any atom is 0.0945 e. The lowest BCUT2D eigenvalue weighted by atomic mass is 9.94. The Balaban J connectivity index is 0.00000196. The Morgan fingerprint density at radius 2 is 2.15 bits per heavy atom. The average Bonchev–Trinajstić information content (AvgIpc) is 3.33. The second-order valence-corrected chi connectivity index (χ2v) is 7.85. The highest BCUT2D eigenvalue weighted by atomic mass is 35.5. The van der Waals surface area contributed by atoms with Crippen LogP contribution in [0.1, 0.15) is 24.3 Å². The summed E-state index contributed by atoms with van der Waals surface area (Å²) >= 11 is 1.75. The molecule has 0 aromatic carbocycles. The van der Waals surface area contributed by atoms with E-state index in [1.165, 1.54) is 24.3 Å². The van der Waals surface area contributed by atoms with Crippen LogP contribution in [0.2, 0.25) is 0 Å². The second kappa shape index (κ2) is 9.76. The van der Waals surface area contributed by atoms with E-state index in [-0.39, 0.29) is 12.4 Å². The molecule has 1 saturated carbocycles. The van der Waals surface area contributed by atoms with Crippen LogP contribution in [0.3, 0.4) is 0 Å². The van der Waals surface area contributed by atoms with E-state index in [0.717, 1.165) is 44.0 Å². The van der Waals surface area contributed by atoms with E-state index in [9.17, 15) is 0 Å². The molecule has 2 aromatic rings. The number of rotatable bonds is 6. The van der Waals surface area contributed by atoms with Gasteiger partial charge < -0.3 is 15.4 Å². The first kappa shape index (κ1) is 19.7. The van der Waals surface area contributed by atoms with Crippen molar-refractivity contribution in [3.63, 3.8) is 0 Å². The number of nitrogens with one attached hydrogen (secondary N) is 2. The fourth-order valence-corrected chi connectivity index (χ4v) is 4.84. The Hall–Kier alpha value is -1.05. The van der Waals surface area contributed by atoms with Crippen LogP contribution in [0.5, 0.6) is 0 Å². The molecule has 2 N–H and O–H groups in total. The van der Waals surface area contributed by atoms with Gasteiger partial charge in [-0.1, -0.05) is 6.42 Å². The molecule has 3 heterocycles. The third-order valence-corrected chi connectivity index (χ3v) is 6.22. The number of halogens is 1. The number of thiazole rings is 1. The van der Waals surface area contributed by atoms with Gasteiger partial charge in [0.05, 0.1) is 23.9 Å². The van der Waals surface area contributed by atoms with Gasteiger partial charge >= 0.3 is 0 Å². The van der Waals surface area contributed by atoms with E-state index in [2.05, 4.69) is 21.0 Å². The number of hydrogen-bond acceptors (Lipinski definition) is 6. The summed E-state index contributed by atoms with van der Waals surface area (Å²) in [6.07, 6.45) is 8.54. The number of ether oxygens (including phenoxy) is 1. The zero-order chi connectivity index (χ0) is 16.9. The van der Waals surface area contributed by atoms with Crippen molar-refractivity contribution < 1.29 is 4.74 Å². The highest BCUT2D eigenvalue weighted by Crippen LogP contribution is 2.29. The number of morpholine rings is 1. The number of hydrogen-bond donors (Lipinski definition) is 2. The van der Waals surface area contributed by atoms with Crippen LogP contribution in [0.15, 0.2) is 29.9 Å². The van der Waals surface area contributed by atoms with Crippen LogP contribution in [0.25, 0.3) is 11.3 Å². The predicted molar refractivity (Wildman–Crippen MR) is 108 cm³/mol. The molecule has 26 heavy (non-hydrogen) atoms. The van der Waals surface area contributed by atoms with Crippen molar-refractivity contribution in [3.8, 4) is 11.3 Å². The maximum atomic E-state index is 5.66. The van der Waals surface area contributed by atoms with Gasteiger partial charge in [-0.25, -0.2) is 4.98 Å². The molecule has 4 rings (SSSR count). The first-order valence-corrected chi connectivity index (χ1v) is 10.2. The molecule has 2 aromatic heterocycles. The fourth-order valence-electron chi connectivity index (χ4n) is 4.03. The molecular weight excluding hydrogens is 368 g/mol. The Labute approximate surface area is 165 Å². The van der Waals surface area contributed by atoms with Crippen molar-refractivity contribution in [2.75, 3.05) is 26.3 Å². The Morgan fingerprint density at radius 1 is 1.27 bits per heavy atom. The van der Waals surface area contributed by atoms with Crippen LogP contribution in [-0.4, -0.2) is 48.4 Å². The van der Waals surface area contributed by atoms with Crippen molar-refractivity contribution in [1.82, 2.24) is 20.6 Å². The molecule has 2 aliphatic rings. The van der Waals surface area contributed by atoms with Crippen molar-refractivity contribution in [2.24, 2.45) is 5.92 Å². The molecule has 5 nitrogen and oxygen atoms in total. The highest BCUT2D eigenvalue weighted by Gasteiger charge is 2.34. The molecule has 142 valence electrons. The summed E-state index contributed by atoms with van der Waals surface area (Å²) in [5.74, 6) is 0.698. The van der Waals surface area contributed by atoms with Crippen LogP contribution in [0.4, 0.5) is 0 Å². The van der Waals surface area contributed by atoms with E-state index >= 15 is 0 Å². The smallest absolute Gasteiger partial charge is 0.0945 e. The lowest BCUT2D eigenvalue weighted by molar-refractivity contribution is 0.0526. The molecule has 3 atom stereocenters. The second-order valence-electron chi connectivity index (χ2n) is 6.90. The third-order valence-electron chi connectivity index (χ3n) is 5.31. The fraction of sp³-hybridized carbons (Fsp3) is 0.579. The Bertz CT molecular complexity index is 663. The number of nitrogens with zero attached hydrogens (tertiary/aromatic N) is 2. The Morgan fingerprint density at radius 3 is 2.96 bits per heavy atom.